The normalized spacial score (nSPS) is 19.9. The van der Waals surface area contributed by atoms with Gasteiger partial charge in [-0.1, -0.05) is 48.5 Å². The zero-order valence-electron chi connectivity index (χ0n) is 23.4. The van der Waals surface area contributed by atoms with Crippen molar-refractivity contribution in [2.24, 2.45) is 11.8 Å². The maximum absolute atomic E-state index is 13.9. The Morgan fingerprint density at radius 2 is 1.85 bits per heavy atom. The van der Waals surface area contributed by atoms with Crippen LogP contribution in [0.4, 0.5) is 0 Å². The minimum absolute atomic E-state index is 0.0999. The average molecular weight is 547 g/mol. The van der Waals surface area contributed by atoms with Gasteiger partial charge in [-0.15, -0.1) is 0 Å². The molecule has 3 aromatic rings. The van der Waals surface area contributed by atoms with Crippen molar-refractivity contribution in [3.8, 4) is 0 Å². The molecule has 1 saturated heterocycles. The Kier molecular flexibility index (Phi) is 9.52. The molecule has 1 aliphatic heterocycles. The summed E-state index contributed by atoms with van der Waals surface area (Å²) in [5.41, 5.74) is 3.41. The van der Waals surface area contributed by atoms with E-state index in [0.717, 1.165) is 36.9 Å². The number of nitrogens with one attached hydrogen (secondary N) is 2. The molecule has 2 aliphatic rings. The fraction of sp³-hybridized carbons (Fsp3) is 0.500. The Bertz CT molecular complexity index is 1270. The van der Waals surface area contributed by atoms with Crippen LogP contribution < -0.4 is 10.6 Å². The molecular formula is C32H42N4O4. The van der Waals surface area contributed by atoms with E-state index in [0.29, 0.717) is 39.1 Å². The monoisotopic (exact) mass is 546 g/mol. The number of aryl methyl sites for hydroxylation is 1. The fourth-order valence-corrected chi connectivity index (χ4v) is 5.91. The van der Waals surface area contributed by atoms with Gasteiger partial charge in [0.2, 0.25) is 11.8 Å². The van der Waals surface area contributed by atoms with Crippen LogP contribution in [0.15, 0.2) is 60.8 Å². The van der Waals surface area contributed by atoms with Crippen molar-refractivity contribution in [3.63, 3.8) is 0 Å². The summed E-state index contributed by atoms with van der Waals surface area (Å²) >= 11 is 0. The van der Waals surface area contributed by atoms with E-state index in [2.05, 4.69) is 50.6 Å². The van der Waals surface area contributed by atoms with Gasteiger partial charge in [0, 0.05) is 63.0 Å². The van der Waals surface area contributed by atoms with Gasteiger partial charge in [-0.25, -0.2) is 0 Å². The molecule has 3 atom stereocenters. The number of aliphatic hydroxyl groups is 1. The third kappa shape index (κ3) is 6.92. The molecule has 214 valence electrons. The molecule has 0 unspecified atom stereocenters. The summed E-state index contributed by atoms with van der Waals surface area (Å²) in [4.78, 5) is 29.2. The molecule has 3 N–H and O–H groups in total. The number of fused-ring (bicyclic) bond motifs is 1. The van der Waals surface area contributed by atoms with E-state index in [9.17, 15) is 14.7 Å². The maximum Gasteiger partial charge on any atom is 0.227 e. The van der Waals surface area contributed by atoms with Crippen molar-refractivity contribution in [2.75, 3.05) is 33.4 Å². The average Bonchev–Trinajstić information content (AvgIpc) is 3.78. The van der Waals surface area contributed by atoms with Gasteiger partial charge in [-0.3, -0.25) is 9.59 Å². The first-order valence-electron chi connectivity index (χ1n) is 14.6. The summed E-state index contributed by atoms with van der Waals surface area (Å²) in [5, 5.41) is 17.4. The summed E-state index contributed by atoms with van der Waals surface area (Å²) in [6.45, 7) is 3.16. The van der Waals surface area contributed by atoms with E-state index in [4.69, 9.17) is 4.74 Å². The van der Waals surface area contributed by atoms with Crippen LogP contribution in [-0.4, -0.2) is 71.9 Å². The second kappa shape index (κ2) is 13.4. The van der Waals surface area contributed by atoms with Gasteiger partial charge in [0.15, 0.2) is 0 Å². The Morgan fingerprint density at radius 3 is 2.60 bits per heavy atom. The zero-order valence-corrected chi connectivity index (χ0v) is 23.4. The van der Waals surface area contributed by atoms with Gasteiger partial charge >= 0.3 is 0 Å². The summed E-state index contributed by atoms with van der Waals surface area (Å²) in [7, 11) is 1.72. The number of para-hydroxylation sites is 1. The highest BCUT2D eigenvalue weighted by Crippen LogP contribution is 2.33. The van der Waals surface area contributed by atoms with E-state index < -0.39 is 0 Å². The lowest BCUT2D eigenvalue weighted by Crippen LogP contribution is -2.51. The summed E-state index contributed by atoms with van der Waals surface area (Å²) in [6.07, 6.45) is 6.27. The molecule has 8 nitrogen and oxygen atoms in total. The fourth-order valence-electron chi connectivity index (χ4n) is 5.91. The third-order valence-corrected chi connectivity index (χ3v) is 8.19. The number of aromatic nitrogens is 1. The van der Waals surface area contributed by atoms with Gasteiger partial charge in [0.25, 0.3) is 0 Å². The van der Waals surface area contributed by atoms with Crippen LogP contribution in [0, 0.1) is 11.8 Å². The number of nitrogens with zero attached hydrogens (tertiary/aromatic N) is 2. The van der Waals surface area contributed by atoms with E-state index in [1.165, 1.54) is 10.9 Å². The van der Waals surface area contributed by atoms with E-state index >= 15 is 0 Å². The predicted molar refractivity (Wildman–Crippen MR) is 156 cm³/mol. The molecule has 1 aromatic heterocycles. The van der Waals surface area contributed by atoms with Crippen LogP contribution in [0.25, 0.3) is 10.9 Å². The molecule has 1 aliphatic carbocycles. The second-order valence-corrected chi connectivity index (χ2v) is 11.3. The molecule has 0 radical (unpaired) electrons. The Balaban J connectivity index is 1.24. The maximum atomic E-state index is 13.9. The topological polar surface area (TPSA) is 95.8 Å². The molecule has 8 heteroatoms. The summed E-state index contributed by atoms with van der Waals surface area (Å²) in [5.74, 6) is -0.526. The van der Waals surface area contributed by atoms with Gasteiger partial charge in [-0.05, 0) is 49.3 Å². The van der Waals surface area contributed by atoms with Crippen molar-refractivity contribution in [1.29, 1.82) is 0 Å². The minimum atomic E-state index is -0.352. The minimum Gasteiger partial charge on any atom is -0.394 e. The highest BCUT2D eigenvalue weighted by atomic mass is 16.5. The number of benzene rings is 2. The van der Waals surface area contributed by atoms with Gasteiger partial charge in [0.1, 0.15) is 0 Å². The number of hydrogen-bond donors (Lipinski definition) is 3. The van der Waals surface area contributed by atoms with E-state index in [1.807, 2.05) is 30.3 Å². The Morgan fingerprint density at radius 1 is 1.10 bits per heavy atom. The first-order valence-corrected chi connectivity index (χ1v) is 14.6. The lowest BCUT2D eigenvalue weighted by molar-refractivity contribution is -0.138. The lowest BCUT2D eigenvalue weighted by Gasteiger charge is -2.33. The standard InChI is InChI=1S/C32H42N4O4/c1-40-15-7-14-35-20-26(29-10-5-6-11-30(29)35)21-36(28-12-13-28)32(39)25-17-24(18-33-19-25)31(38)34-27(22-37)16-23-8-3-2-4-9-23/h2-6,8-11,20,24-25,27-28,33,37H,7,12-19,21-22H2,1H3,(H,34,38)/t24-,25+,27+/m0/s1. The molecule has 40 heavy (non-hydrogen) atoms. The molecular weight excluding hydrogens is 504 g/mol. The zero-order chi connectivity index (χ0) is 27.9. The van der Waals surface area contributed by atoms with E-state index in [1.54, 1.807) is 7.11 Å². The van der Waals surface area contributed by atoms with Crippen LogP contribution in [0.1, 0.15) is 36.8 Å². The first kappa shape index (κ1) is 28.3. The van der Waals surface area contributed by atoms with Crippen LogP contribution in [0.2, 0.25) is 0 Å². The highest BCUT2D eigenvalue weighted by molar-refractivity contribution is 5.86. The van der Waals surface area contributed by atoms with Crippen LogP contribution in [0.5, 0.6) is 0 Å². The number of ether oxygens (including phenoxy) is 1. The number of hydrogen-bond acceptors (Lipinski definition) is 5. The number of amides is 2. The third-order valence-electron chi connectivity index (χ3n) is 8.19. The second-order valence-electron chi connectivity index (χ2n) is 11.3. The predicted octanol–water partition coefficient (Wildman–Crippen LogP) is 3.11. The molecule has 2 aromatic carbocycles. The van der Waals surface area contributed by atoms with Gasteiger partial charge in [-0.2, -0.15) is 0 Å². The van der Waals surface area contributed by atoms with E-state index in [-0.39, 0.29) is 42.3 Å². The number of carbonyl (C=O) groups excluding carboxylic acids is 2. The molecule has 0 bridgehead atoms. The highest BCUT2D eigenvalue weighted by Gasteiger charge is 2.39. The molecule has 0 spiro atoms. The van der Waals surface area contributed by atoms with Crippen molar-refractivity contribution >= 4 is 22.7 Å². The lowest BCUT2D eigenvalue weighted by atomic mass is 9.88. The first-order chi connectivity index (χ1) is 19.6. The van der Waals surface area contributed by atoms with Crippen molar-refractivity contribution < 1.29 is 19.4 Å². The molecule has 2 fully saturated rings. The van der Waals surface area contributed by atoms with Crippen LogP contribution in [0.3, 0.4) is 0 Å². The van der Waals surface area contributed by atoms with Crippen LogP contribution >= 0.6 is 0 Å². The molecule has 5 rings (SSSR count). The van der Waals surface area contributed by atoms with Crippen molar-refractivity contribution in [3.05, 3.63) is 71.9 Å². The number of piperidine rings is 1. The smallest absolute Gasteiger partial charge is 0.227 e. The van der Waals surface area contributed by atoms with Crippen molar-refractivity contribution in [1.82, 2.24) is 20.1 Å². The Labute approximate surface area is 236 Å². The van der Waals surface area contributed by atoms with Gasteiger partial charge in [0.05, 0.1) is 24.5 Å². The SMILES string of the molecule is COCCCn1cc(CN(C(=O)[C@H]2CNC[C@@H](C(=O)N[C@@H](CO)Cc3ccccc3)C2)C2CC2)c2ccccc21. The molecule has 2 heterocycles. The van der Waals surface area contributed by atoms with Crippen molar-refractivity contribution in [2.45, 2.75) is 57.3 Å². The molecule has 1 saturated carbocycles. The quantitative estimate of drug-likeness (QED) is 0.287. The summed E-state index contributed by atoms with van der Waals surface area (Å²) in [6, 6.07) is 18.2. The number of carbonyl (C=O) groups is 2. The number of methoxy groups -OCH3 is 1. The number of rotatable bonds is 13. The van der Waals surface area contributed by atoms with Crippen LogP contribution in [-0.2, 0) is 33.8 Å². The summed E-state index contributed by atoms with van der Waals surface area (Å²) < 4.78 is 7.52. The largest absolute Gasteiger partial charge is 0.394 e. The Hall–Kier alpha value is -3.20. The molecule has 2 amide bonds. The number of aliphatic hydroxyl groups excluding tert-OH is 1. The van der Waals surface area contributed by atoms with Gasteiger partial charge < -0.3 is 29.9 Å².